The van der Waals surface area contributed by atoms with E-state index in [1.807, 2.05) is 71.8 Å². The second-order valence-electron chi connectivity index (χ2n) is 12.9. The summed E-state index contributed by atoms with van der Waals surface area (Å²) in [7, 11) is 1.60. The van der Waals surface area contributed by atoms with Crippen LogP contribution in [-0.4, -0.2) is 59.5 Å². The molecule has 0 bridgehead atoms. The van der Waals surface area contributed by atoms with Crippen molar-refractivity contribution in [2.45, 2.75) is 57.4 Å². The molecule has 4 aromatic carbocycles. The van der Waals surface area contributed by atoms with Gasteiger partial charge in [0.1, 0.15) is 11.6 Å². The van der Waals surface area contributed by atoms with Gasteiger partial charge in [-0.25, -0.2) is 4.98 Å². The number of halogens is 1. The quantitative estimate of drug-likeness (QED) is 0.107. The number of unbranched alkanes of at least 4 members (excludes halogenated alkanes) is 5. The third-order valence-corrected chi connectivity index (χ3v) is 9.72. The third-order valence-electron chi connectivity index (χ3n) is 9.48. The highest BCUT2D eigenvalue weighted by Crippen LogP contribution is 2.38. The lowest BCUT2D eigenvalue weighted by molar-refractivity contribution is 0.0774. The number of carbonyl (C=O) groups is 1. The number of hydrogen-bond acceptors (Lipinski definition) is 7. The van der Waals surface area contributed by atoms with E-state index >= 15 is 0 Å². The fourth-order valence-corrected chi connectivity index (χ4v) is 6.95. The molecule has 1 atom stereocenters. The predicted molar refractivity (Wildman–Crippen MR) is 202 cm³/mol. The first-order chi connectivity index (χ1) is 25.0. The first-order valence-corrected chi connectivity index (χ1v) is 18.1. The van der Waals surface area contributed by atoms with Gasteiger partial charge in [-0.3, -0.25) is 19.1 Å². The summed E-state index contributed by atoms with van der Waals surface area (Å²) in [6.07, 6.45) is 10.1. The van der Waals surface area contributed by atoms with Gasteiger partial charge in [-0.15, -0.1) is 0 Å². The van der Waals surface area contributed by atoms with Crippen molar-refractivity contribution in [3.8, 4) is 34.3 Å². The fraction of sp³-hybridized carbons (Fsp3) is 0.317. The molecular weight excluding hydrogens is 664 g/mol. The van der Waals surface area contributed by atoms with Crippen LogP contribution in [0.15, 0.2) is 94.7 Å². The molecule has 5 aromatic rings. The fourth-order valence-electron chi connectivity index (χ4n) is 6.77. The molecule has 7 rings (SSSR count). The molecule has 262 valence electrons. The maximum atomic E-state index is 13.7. The number of aliphatic imine (C=N–C) groups is 1. The minimum Gasteiger partial charge on any atom is -0.494 e. The normalized spacial score (nSPS) is 15.1. The van der Waals surface area contributed by atoms with Crippen LogP contribution in [0.2, 0.25) is 5.02 Å². The molecule has 0 radical (unpaired) electrons. The van der Waals surface area contributed by atoms with Crippen molar-refractivity contribution in [1.29, 1.82) is 0 Å². The molecule has 9 nitrogen and oxygen atoms in total. The number of ether oxygens (including phenoxy) is 3. The van der Waals surface area contributed by atoms with E-state index in [9.17, 15) is 9.59 Å². The second kappa shape index (κ2) is 15.8. The third kappa shape index (κ3) is 7.64. The minimum absolute atomic E-state index is 0.00921. The Morgan fingerprint density at radius 2 is 1.57 bits per heavy atom. The molecule has 10 heteroatoms. The first kappa shape index (κ1) is 34.3. The molecule has 2 aliphatic rings. The van der Waals surface area contributed by atoms with Gasteiger partial charge in [0.25, 0.3) is 11.5 Å². The highest BCUT2D eigenvalue weighted by molar-refractivity contribution is 6.31. The van der Waals surface area contributed by atoms with Crippen molar-refractivity contribution in [2.75, 3.05) is 26.9 Å². The number of nitrogens with zero attached hydrogens (tertiary/aromatic N) is 4. The van der Waals surface area contributed by atoms with Crippen molar-refractivity contribution in [2.24, 2.45) is 4.99 Å². The number of fused-ring (bicyclic) bond motifs is 3. The summed E-state index contributed by atoms with van der Waals surface area (Å²) >= 11 is 6.23. The van der Waals surface area contributed by atoms with Gasteiger partial charge in [0.2, 0.25) is 0 Å². The van der Waals surface area contributed by atoms with Crippen LogP contribution in [0.1, 0.15) is 61.7 Å². The number of methoxy groups -OCH3 is 1. The predicted octanol–water partition coefficient (Wildman–Crippen LogP) is 8.83. The molecule has 1 amide bonds. The van der Waals surface area contributed by atoms with E-state index in [1.54, 1.807) is 35.9 Å². The Balaban J connectivity index is 0.862. The lowest BCUT2D eigenvalue weighted by Gasteiger charge is -2.20. The molecule has 2 aliphatic heterocycles. The molecule has 0 N–H and O–H groups in total. The molecular formula is C41H41ClN4O5. The maximum absolute atomic E-state index is 13.7. The molecule has 0 spiro atoms. The molecule has 0 aliphatic carbocycles. The Morgan fingerprint density at radius 1 is 0.824 bits per heavy atom. The van der Waals surface area contributed by atoms with Gasteiger partial charge in [0.15, 0.2) is 11.5 Å². The molecule has 0 unspecified atom stereocenters. The minimum atomic E-state index is -0.178. The largest absolute Gasteiger partial charge is 0.494 e. The zero-order chi connectivity index (χ0) is 35.2. The molecule has 0 saturated carbocycles. The summed E-state index contributed by atoms with van der Waals surface area (Å²) in [6.45, 7) is 1.96. The van der Waals surface area contributed by atoms with Gasteiger partial charge in [-0.05, 0) is 74.2 Å². The van der Waals surface area contributed by atoms with Crippen LogP contribution in [0.5, 0.6) is 17.2 Å². The van der Waals surface area contributed by atoms with Crippen molar-refractivity contribution in [3.63, 3.8) is 0 Å². The van der Waals surface area contributed by atoms with Gasteiger partial charge < -0.3 is 19.1 Å². The number of benzene rings is 4. The zero-order valence-electron chi connectivity index (χ0n) is 28.7. The standard InChI is InChI=1S/C41H41ClN4O5/c1-49-37-25-34-36(43-27-31-14-11-21-45(31)40(34)47)26-38(37)51-23-10-5-3-2-4-9-22-50-32-18-16-30(17-19-32)46-39(28-12-7-6-8-13-28)44-35-20-15-29(42)24-33(35)41(46)48/h6-8,12-13,15-20,24-27,31H,2-5,9-11,14,21-23H2,1H3/t31-/m0/s1. The number of hydrogen-bond donors (Lipinski definition) is 0. The van der Waals surface area contributed by atoms with E-state index in [2.05, 4.69) is 4.99 Å². The molecule has 3 heterocycles. The second-order valence-corrected chi connectivity index (χ2v) is 13.4. The van der Waals surface area contributed by atoms with E-state index < -0.39 is 0 Å². The Kier molecular flexibility index (Phi) is 10.6. The van der Waals surface area contributed by atoms with Gasteiger partial charge >= 0.3 is 0 Å². The summed E-state index contributed by atoms with van der Waals surface area (Å²) in [6, 6.07) is 26.1. The summed E-state index contributed by atoms with van der Waals surface area (Å²) < 4.78 is 19.3. The average molecular weight is 705 g/mol. The summed E-state index contributed by atoms with van der Waals surface area (Å²) in [5, 5.41) is 0.959. The van der Waals surface area contributed by atoms with E-state index in [0.717, 1.165) is 69.2 Å². The van der Waals surface area contributed by atoms with E-state index in [4.69, 9.17) is 30.8 Å². The topological polar surface area (TPSA) is 95.2 Å². The lowest BCUT2D eigenvalue weighted by Crippen LogP contribution is -2.35. The molecule has 1 saturated heterocycles. The maximum Gasteiger partial charge on any atom is 0.266 e. The van der Waals surface area contributed by atoms with Crippen molar-refractivity contribution in [1.82, 2.24) is 14.5 Å². The molecule has 1 fully saturated rings. The number of aromatic nitrogens is 2. The van der Waals surface area contributed by atoms with Crippen LogP contribution in [0.25, 0.3) is 28.0 Å². The SMILES string of the molecule is COc1cc2c(cc1OCCCCCCCCOc1ccc(-n3c(-c4ccccc4)nc4ccc(Cl)cc4c3=O)cc1)N=C[C@@H]1CCCN1C2=O. The number of amides is 1. The van der Waals surface area contributed by atoms with Crippen molar-refractivity contribution < 1.29 is 19.0 Å². The molecule has 51 heavy (non-hydrogen) atoms. The lowest BCUT2D eigenvalue weighted by atomic mass is 10.1. The summed E-state index contributed by atoms with van der Waals surface area (Å²) in [4.78, 5) is 38.2. The van der Waals surface area contributed by atoms with Crippen molar-refractivity contribution >= 4 is 40.3 Å². The zero-order valence-corrected chi connectivity index (χ0v) is 29.5. The van der Waals surface area contributed by atoms with E-state index in [-0.39, 0.29) is 17.5 Å². The molecule has 1 aromatic heterocycles. The van der Waals surface area contributed by atoms with Gasteiger partial charge in [-0.1, -0.05) is 67.6 Å². The van der Waals surface area contributed by atoms with Gasteiger partial charge in [0.05, 0.1) is 54.2 Å². The van der Waals surface area contributed by atoms with E-state index in [1.165, 1.54) is 0 Å². The highest BCUT2D eigenvalue weighted by atomic mass is 35.5. The monoisotopic (exact) mass is 704 g/mol. The number of carbonyl (C=O) groups excluding carboxylic acids is 1. The summed E-state index contributed by atoms with van der Waals surface area (Å²) in [5.74, 6) is 2.51. The van der Waals surface area contributed by atoms with E-state index in [0.29, 0.717) is 63.4 Å². The van der Waals surface area contributed by atoms with Crippen LogP contribution in [-0.2, 0) is 0 Å². The first-order valence-electron chi connectivity index (χ1n) is 17.7. The van der Waals surface area contributed by atoms with Crippen molar-refractivity contribution in [3.05, 3.63) is 106 Å². The smallest absolute Gasteiger partial charge is 0.266 e. The Labute approximate surface area is 302 Å². The Bertz CT molecular complexity index is 2100. The van der Waals surface area contributed by atoms with Gasteiger partial charge in [-0.2, -0.15) is 0 Å². The Hall–Kier alpha value is -5.15. The van der Waals surface area contributed by atoms with Crippen LogP contribution < -0.4 is 19.8 Å². The average Bonchev–Trinajstić information content (AvgIpc) is 3.59. The van der Waals surface area contributed by atoms with Crippen LogP contribution >= 0.6 is 11.6 Å². The van der Waals surface area contributed by atoms with Crippen LogP contribution in [0, 0.1) is 0 Å². The summed E-state index contributed by atoms with van der Waals surface area (Å²) in [5.41, 5.74) is 3.18. The highest BCUT2D eigenvalue weighted by Gasteiger charge is 2.32. The Morgan fingerprint density at radius 3 is 2.33 bits per heavy atom. The van der Waals surface area contributed by atoms with Crippen LogP contribution in [0.4, 0.5) is 5.69 Å². The number of rotatable bonds is 14. The van der Waals surface area contributed by atoms with Crippen LogP contribution in [0.3, 0.4) is 0 Å². The van der Waals surface area contributed by atoms with Gasteiger partial charge in [0, 0.05) is 29.4 Å².